The van der Waals surface area contributed by atoms with Crippen LogP contribution in [0, 0.1) is 0 Å². The van der Waals surface area contributed by atoms with Crippen molar-refractivity contribution in [2.45, 2.75) is 13.3 Å². The fourth-order valence-corrected chi connectivity index (χ4v) is 2.98. The maximum Gasteiger partial charge on any atom is 0.265 e. The molecule has 0 saturated heterocycles. The Balaban J connectivity index is 1.55. The fraction of sp³-hybridized carbons (Fsp3) is 0.318. The minimum Gasteiger partial charge on any atom is -0.497 e. The summed E-state index contributed by atoms with van der Waals surface area (Å²) < 4.78 is 16.1. The fourth-order valence-electron chi connectivity index (χ4n) is 2.98. The molecule has 1 aliphatic heterocycles. The van der Waals surface area contributed by atoms with Gasteiger partial charge in [-0.2, -0.15) is 0 Å². The molecule has 158 valence electrons. The Bertz CT molecular complexity index is 926. The quantitative estimate of drug-likeness (QED) is 0.501. The zero-order chi connectivity index (χ0) is 21.5. The molecule has 3 rings (SSSR count). The van der Waals surface area contributed by atoms with Crippen LogP contribution in [0.4, 0.5) is 5.69 Å². The molecule has 0 radical (unpaired) electrons. The first kappa shape index (κ1) is 21.2. The van der Waals surface area contributed by atoms with Crippen LogP contribution in [0.3, 0.4) is 0 Å². The van der Waals surface area contributed by atoms with Gasteiger partial charge in [0.05, 0.1) is 19.3 Å². The van der Waals surface area contributed by atoms with Gasteiger partial charge in [-0.25, -0.2) is 0 Å². The summed E-state index contributed by atoms with van der Waals surface area (Å²) in [5, 5.41) is 2.73. The number of anilines is 1. The number of ketones is 1. The molecular weight excluding hydrogens is 388 g/mol. The van der Waals surface area contributed by atoms with E-state index in [9.17, 15) is 14.4 Å². The zero-order valence-corrected chi connectivity index (χ0v) is 17.0. The summed E-state index contributed by atoms with van der Waals surface area (Å²) in [4.78, 5) is 38.0. The van der Waals surface area contributed by atoms with Crippen LogP contribution in [0.2, 0.25) is 0 Å². The number of amides is 2. The standard InChI is InChI=1S/C22H24N2O6/c1-3-19(25)15-4-9-20-18(12-15)24(22(27)14-30-20)13-21(26)23-10-11-29-17-7-5-16(28-2)6-8-17/h4-9,12H,3,10-11,13-14H2,1-2H3,(H,23,26). The molecule has 0 aromatic heterocycles. The second kappa shape index (κ2) is 9.78. The highest BCUT2D eigenvalue weighted by molar-refractivity contribution is 6.04. The number of hydrogen-bond acceptors (Lipinski definition) is 6. The maximum absolute atomic E-state index is 12.4. The van der Waals surface area contributed by atoms with E-state index in [1.165, 1.54) is 4.90 Å². The first-order valence-electron chi connectivity index (χ1n) is 9.65. The van der Waals surface area contributed by atoms with Gasteiger partial charge in [0.25, 0.3) is 5.91 Å². The summed E-state index contributed by atoms with van der Waals surface area (Å²) in [5.41, 5.74) is 0.906. The predicted octanol–water partition coefficient (Wildman–Crippen LogP) is 2.21. The molecule has 0 spiro atoms. The number of ether oxygens (including phenoxy) is 3. The van der Waals surface area contributed by atoms with Gasteiger partial charge < -0.3 is 19.5 Å². The molecular formula is C22H24N2O6. The van der Waals surface area contributed by atoms with Gasteiger partial charge in [-0.15, -0.1) is 0 Å². The van der Waals surface area contributed by atoms with Crippen LogP contribution in [0.5, 0.6) is 17.2 Å². The molecule has 8 heteroatoms. The Morgan fingerprint density at radius 3 is 2.57 bits per heavy atom. The molecule has 0 fully saturated rings. The number of methoxy groups -OCH3 is 1. The third-order valence-corrected chi connectivity index (χ3v) is 4.60. The van der Waals surface area contributed by atoms with Gasteiger partial charge in [-0.3, -0.25) is 19.3 Å². The molecule has 1 N–H and O–H groups in total. The van der Waals surface area contributed by atoms with Crippen molar-refractivity contribution in [3.63, 3.8) is 0 Å². The number of benzene rings is 2. The summed E-state index contributed by atoms with van der Waals surface area (Å²) in [6, 6.07) is 12.0. The van der Waals surface area contributed by atoms with Gasteiger partial charge in [-0.1, -0.05) is 6.92 Å². The SMILES string of the molecule is CCC(=O)c1ccc2c(c1)N(CC(=O)NCCOc1ccc(OC)cc1)C(=O)CO2. The molecule has 0 unspecified atom stereocenters. The molecule has 2 aromatic carbocycles. The number of fused-ring (bicyclic) bond motifs is 1. The molecule has 0 saturated carbocycles. The van der Waals surface area contributed by atoms with Crippen molar-refractivity contribution in [3.8, 4) is 17.2 Å². The molecule has 1 heterocycles. The summed E-state index contributed by atoms with van der Waals surface area (Å²) >= 11 is 0. The molecule has 1 aliphatic rings. The van der Waals surface area contributed by atoms with E-state index in [1.807, 2.05) is 0 Å². The van der Waals surface area contributed by atoms with Crippen LogP contribution in [0.25, 0.3) is 0 Å². The topological polar surface area (TPSA) is 94.2 Å². The maximum atomic E-state index is 12.4. The second-order valence-electron chi connectivity index (χ2n) is 6.60. The largest absolute Gasteiger partial charge is 0.497 e. The highest BCUT2D eigenvalue weighted by Crippen LogP contribution is 2.33. The van der Waals surface area contributed by atoms with E-state index in [-0.39, 0.29) is 43.9 Å². The van der Waals surface area contributed by atoms with E-state index in [0.717, 1.165) is 5.75 Å². The van der Waals surface area contributed by atoms with E-state index < -0.39 is 0 Å². The molecule has 0 atom stereocenters. The Morgan fingerprint density at radius 1 is 1.13 bits per heavy atom. The highest BCUT2D eigenvalue weighted by Gasteiger charge is 2.28. The second-order valence-corrected chi connectivity index (χ2v) is 6.60. The average molecular weight is 412 g/mol. The van der Waals surface area contributed by atoms with E-state index in [0.29, 0.717) is 29.2 Å². The van der Waals surface area contributed by atoms with E-state index in [2.05, 4.69) is 5.32 Å². The Hall–Kier alpha value is -3.55. The van der Waals surface area contributed by atoms with E-state index in [4.69, 9.17) is 14.2 Å². The van der Waals surface area contributed by atoms with Crippen LogP contribution in [-0.2, 0) is 9.59 Å². The van der Waals surface area contributed by atoms with Gasteiger partial charge >= 0.3 is 0 Å². The number of carbonyl (C=O) groups excluding carboxylic acids is 3. The number of nitrogens with one attached hydrogen (secondary N) is 1. The molecule has 0 bridgehead atoms. The van der Waals surface area contributed by atoms with Crippen molar-refractivity contribution in [2.24, 2.45) is 0 Å². The minimum atomic E-state index is -0.340. The van der Waals surface area contributed by atoms with Crippen molar-refractivity contribution in [1.29, 1.82) is 0 Å². The Morgan fingerprint density at radius 2 is 1.87 bits per heavy atom. The van der Waals surface area contributed by atoms with E-state index in [1.54, 1.807) is 56.5 Å². The molecule has 2 aromatic rings. The summed E-state index contributed by atoms with van der Waals surface area (Å²) in [6.07, 6.45) is 0.349. The van der Waals surface area contributed by atoms with Crippen molar-refractivity contribution in [3.05, 3.63) is 48.0 Å². The molecule has 2 amide bonds. The summed E-state index contributed by atoms with van der Waals surface area (Å²) in [7, 11) is 1.59. The van der Waals surface area contributed by atoms with Gasteiger partial charge in [0.1, 0.15) is 30.4 Å². The van der Waals surface area contributed by atoms with Gasteiger partial charge in [0, 0.05) is 12.0 Å². The number of Topliss-reactive ketones (excluding diaryl/α,β-unsaturated/α-hetero) is 1. The zero-order valence-electron chi connectivity index (χ0n) is 17.0. The monoisotopic (exact) mass is 412 g/mol. The van der Waals surface area contributed by atoms with Gasteiger partial charge in [0.15, 0.2) is 12.4 Å². The van der Waals surface area contributed by atoms with Crippen LogP contribution in [0.15, 0.2) is 42.5 Å². The minimum absolute atomic E-state index is 0.0455. The van der Waals surface area contributed by atoms with Crippen LogP contribution in [-0.4, -0.2) is 51.0 Å². The number of hydrogen-bond donors (Lipinski definition) is 1. The Kier molecular flexibility index (Phi) is 6.90. The van der Waals surface area contributed by atoms with Crippen LogP contribution < -0.4 is 24.4 Å². The highest BCUT2D eigenvalue weighted by atomic mass is 16.5. The first-order valence-corrected chi connectivity index (χ1v) is 9.65. The van der Waals surface area contributed by atoms with E-state index >= 15 is 0 Å². The van der Waals surface area contributed by atoms with Crippen molar-refractivity contribution < 1.29 is 28.6 Å². The lowest BCUT2D eigenvalue weighted by Gasteiger charge is -2.29. The van der Waals surface area contributed by atoms with Gasteiger partial charge in [0.2, 0.25) is 5.91 Å². The molecule has 8 nitrogen and oxygen atoms in total. The average Bonchev–Trinajstić information content (AvgIpc) is 2.78. The number of carbonyl (C=O) groups is 3. The lowest BCUT2D eigenvalue weighted by atomic mass is 10.1. The van der Waals surface area contributed by atoms with Crippen molar-refractivity contribution in [2.75, 3.05) is 38.3 Å². The Labute approximate surface area is 174 Å². The normalized spacial score (nSPS) is 12.6. The lowest BCUT2D eigenvalue weighted by Crippen LogP contribution is -2.45. The third-order valence-electron chi connectivity index (χ3n) is 4.60. The summed E-state index contributed by atoms with van der Waals surface area (Å²) in [6.45, 7) is 2.01. The predicted molar refractivity (Wildman–Crippen MR) is 110 cm³/mol. The molecule has 0 aliphatic carbocycles. The van der Waals surface area contributed by atoms with Crippen LogP contribution in [0.1, 0.15) is 23.7 Å². The number of rotatable bonds is 9. The van der Waals surface area contributed by atoms with Crippen LogP contribution >= 0.6 is 0 Å². The molecule has 30 heavy (non-hydrogen) atoms. The van der Waals surface area contributed by atoms with Crippen molar-refractivity contribution >= 4 is 23.3 Å². The van der Waals surface area contributed by atoms with Crippen molar-refractivity contribution in [1.82, 2.24) is 5.32 Å². The van der Waals surface area contributed by atoms with Gasteiger partial charge in [-0.05, 0) is 42.5 Å². The third kappa shape index (κ3) is 5.08. The number of nitrogens with zero attached hydrogens (tertiary/aromatic N) is 1. The first-order chi connectivity index (χ1) is 14.5. The lowest BCUT2D eigenvalue weighted by molar-refractivity contribution is -0.125. The summed E-state index contributed by atoms with van der Waals surface area (Å²) in [5.74, 6) is 1.15. The smallest absolute Gasteiger partial charge is 0.265 e.